The van der Waals surface area contributed by atoms with Crippen LogP contribution in [0.15, 0.2) is 21.9 Å². The van der Waals surface area contributed by atoms with Gasteiger partial charge < -0.3 is 5.32 Å². The van der Waals surface area contributed by atoms with Gasteiger partial charge in [-0.15, -0.1) is 32.9 Å². The Kier molecular flexibility index (Phi) is 5.93. The molecule has 0 fully saturated rings. The van der Waals surface area contributed by atoms with Crippen LogP contribution >= 0.6 is 46.2 Å². The van der Waals surface area contributed by atoms with Gasteiger partial charge in [0.15, 0.2) is 21.1 Å². The minimum atomic E-state index is -0.106. The number of nitrogens with one attached hydrogen (secondary N) is 1. The molecular weight excluding hydrogens is 469 g/mol. The van der Waals surface area contributed by atoms with Crippen molar-refractivity contribution < 1.29 is 4.79 Å². The van der Waals surface area contributed by atoms with Crippen LogP contribution in [0.2, 0.25) is 0 Å². The molecule has 7 nitrogen and oxygen atoms in total. The zero-order chi connectivity index (χ0) is 21.5. The molecule has 0 spiro atoms. The van der Waals surface area contributed by atoms with Crippen LogP contribution in [-0.2, 0) is 11.2 Å². The maximum absolute atomic E-state index is 12.4. The van der Waals surface area contributed by atoms with Crippen molar-refractivity contribution in [2.75, 3.05) is 11.1 Å². The Labute approximate surface area is 196 Å². The van der Waals surface area contributed by atoms with Crippen LogP contribution in [0, 0.1) is 0 Å². The molecule has 1 amide bonds. The molecule has 5 rings (SSSR count). The van der Waals surface area contributed by atoms with Crippen molar-refractivity contribution in [1.29, 1.82) is 0 Å². The summed E-state index contributed by atoms with van der Waals surface area (Å²) in [6, 6.07) is 0. The quantitative estimate of drug-likeness (QED) is 0.283. The van der Waals surface area contributed by atoms with Gasteiger partial charge in [0.1, 0.15) is 4.83 Å². The van der Waals surface area contributed by atoms with Crippen molar-refractivity contribution in [1.82, 2.24) is 24.6 Å². The second-order valence-corrected chi connectivity index (χ2v) is 12.3. The van der Waals surface area contributed by atoms with Gasteiger partial charge in [0.2, 0.25) is 5.91 Å². The highest BCUT2D eigenvalue weighted by atomic mass is 32.2. The van der Waals surface area contributed by atoms with Crippen LogP contribution in [0.3, 0.4) is 0 Å². The average Bonchev–Trinajstić information content (AvgIpc) is 3.44. The van der Waals surface area contributed by atoms with E-state index in [-0.39, 0.29) is 11.7 Å². The number of fused-ring (bicyclic) bond motifs is 5. The van der Waals surface area contributed by atoms with Gasteiger partial charge in [-0.3, -0.25) is 4.79 Å². The van der Waals surface area contributed by atoms with Crippen LogP contribution in [0.25, 0.3) is 15.9 Å². The molecule has 0 saturated heterocycles. The first-order valence-electron chi connectivity index (χ1n) is 10.2. The molecule has 11 heteroatoms. The Morgan fingerprint density at radius 1 is 1.35 bits per heavy atom. The number of amides is 1. The Morgan fingerprint density at radius 2 is 2.23 bits per heavy atom. The highest BCUT2D eigenvalue weighted by molar-refractivity contribution is 8.00. The molecule has 0 radical (unpaired) electrons. The highest BCUT2D eigenvalue weighted by Crippen LogP contribution is 2.44. The Balaban J connectivity index is 1.55. The van der Waals surface area contributed by atoms with Gasteiger partial charge in [0.05, 0.1) is 11.1 Å². The first kappa shape index (κ1) is 21.2. The first-order chi connectivity index (χ1) is 15.0. The molecule has 4 heterocycles. The van der Waals surface area contributed by atoms with Gasteiger partial charge in [0.25, 0.3) is 0 Å². The fraction of sp³-hybridized carbons (Fsp3) is 0.450. The summed E-state index contributed by atoms with van der Waals surface area (Å²) in [4.78, 5) is 24.0. The zero-order valence-corrected chi connectivity index (χ0v) is 20.7. The molecule has 0 aliphatic heterocycles. The van der Waals surface area contributed by atoms with Crippen molar-refractivity contribution in [3.8, 4) is 0 Å². The van der Waals surface area contributed by atoms with E-state index < -0.39 is 0 Å². The minimum absolute atomic E-state index is 0.106. The minimum Gasteiger partial charge on any atom is -0.301 e. The van der Waals surface area contributed by atoms with Crippen LogP contribution in [-0.4, -0.2) is 41.5 Å². The van der Waals surface area contributed by atoms with Gasteiger partial charge in [-0.1, -0.05) is 44.3 Å². The maximum atomic E-state index is 12.4. The molecule has 31 heavy (non-hydrogen) atoms. The smallest absolute Gasteiger partial charge is 0.236 e. The summed E-state index contributed by atoms with van der Waals surface area (Å²) in [5.41, 5.74) is 2.26. The van der Waals surface area contributed by atoms with E-state index in [1.807, 2.05) is 9.78 Å². The number of thiazole rings is 1. The lowest BCUT2D eigenvalue weighted by molar-refractivity contribution is -0.113. The molecule has 0 aromatic carbocycles. The van der Waals surface area contributed by atoms with Crippen molar-refractivity contribution in [3.63, 3.8) is 0 Å². The highest BCUT2D eigenvalue weighted by Gasteiger charge is 2.27. The van der Waals surface area contributed by atoms with E-state index in [0.717, 1.165) is 27.4 Å². The van der Waals surface area contributed by atoms with Crippen LogP contribution in [0.5, 0.6) is 0 Å². The number of aromatic nitrogens is 5. The second kappa shape index (κ2) is 8.68. The van der Waals surface area contributed by atoms with E-state index in [9.17, 15) is 4.79 Å². The van der Waals surface area contributed by atoms with Crippen molar-refractivity contribution >= 4 is 73.1 Å². The van der Waals surface area contributed by atoms with E-state index in [2.05, 4.69) is 41.3 Å². The molecule has 4 aromatic heterocycles. The Morgan fingerprint density at radius 3 is 3.00 bits per heavy atom. The summed E-state index contributed by atoms with van der Waals surface area (Å²) < 4.78 is 2.04. The number of aryl methyl sites for hydroxylation is 1. The SMILES string of the molecule is CC(C)Sc1nc2sc3c(c2c2nnc(SCC(=O)Nc4nccs4)n12)C(C)CCC3. The van der Waals surface area contributed by atoms with E-state index in [0.29, 0.717) is 21.5 Å². The summed E-state index contributed by atoms with van der Waals surface area (Å²) in [5.74, 6) is 0.636. The number of carbonyl (C=O) groups excluding carboxylic acids is 1. The zero-order valence-electron chi connectivity index (χ0n) is 17.4. The number of anilines is 1. The Bertz CT molecular complexity index is 1250. The van der Waals surface area contributed by atoms with Crippen LogP contribution in [0.1, 0.15) is 50.0 Å². The monoisotopic (exact) mass is 490 g/mol. The molecule has 0 bridgehead atoms. The number of hydrogen-bond donors (Lipinski definition) is 1. The molecule has 1 aliphatic rings. The van der Waals surface area contributed by atoms with Gasteiger partial charge in [-0.2, -0.15) is 0 Å². The molecule has 4 aromatic rings. The predicted molar refractivity (Wildman–Crippen MR) is 130 cm³/mol. The van der Waals surface area contributed by atoms with E-state index in [1.165, 1.54) is 46.4 Å². The third-order valence-corrected chi connectivity index (χ3v) is 8.87. The normalized spacial score (nSPS) is 16.3. The lowest BCUT2D eigenvalue weighted by Crippen LogP contribution is -2.14. The Hall–Kier alpha value is -1.69. The number of nitrogens with zero attached hydrogens (tertiary/aromatic N) is 5. The summed E-state index contributed by atoms with van der Waals surface area (Å²) in [6.07, 6.45) is 5.22. The molecule has 1 atom stereocenters. The van der Waals surface area contributed by atoms with E-state index >= 15 is 0 Å². The van der Waals surface area contributed by atoms with Crippen molar-refractivity contribution in [3.05, 3.63) is 22.0 Å². The van der Waals surface area contributed by atoms with Gasteiger partial charge >= 0.3 is 0 Å². The number of thioether (sulfide) groups is 2. The van der Waals surface area contributed by atoms with E-state index in [4.69, 9.17) is 4.98 Å². The molecule has 1 unspecified atom stereocenters. The topological polar surface area (TPSA) is 85.1 Å². The largest absolute Gasteiger partial charge is 0.301 e. The molecule has 1 aliphatic carbocycles. The fourth-order valence-electron chi connectivity index (χ4n) is 3.89. The number of carbonyl (C=O) groups is 1. The van der Waals surface area contributed by atoms with Crippen LogP contribution < -0.4 is 5.32 Å². The summed E-state index contributed by atoms with van der Waals surface area (Å²) >= 11 is 6.30. The van der Waals surface area contributed by atoms with E-state index in [1.54, 1.807) is 29.3 Å². The first-order valence-corrected chi connectivity index (χ1v) is 13.8. The van der Waals surface area contributed by atoms with Crippen molar-refractivity contribution in [2.24, 2.45) is 0 Å². The second-order valence-electron chi connectivity index (χ2n) is 7.79. The summed E-state index contributed by atoms with van der Waals surface area (Å²) in [5, 5.41) is 17.4. The number of thiophene rings is 1. The summed E-state index contributed by atoms with van der Waals surface area (Å²) in [6.45, 7) is 6.61. The standard InChI is InChI=1S/C20H22N6OS4/c1-10(2)30-19-23-17-15(14-11(3)5-4-6-12(14)31-17)16-24-25-20(26(16)19)29-9-13(27)22-18-21-7-8-28-18/h7-8,10-11H,4-6,9H2,1-3H3,(H,21,22,27). The molecule has 1 N–H and O–H groups in total. The third kappa shape index (κ3) is 4.08. The molecule has 162 valence electrons. The lowest BCUT2D eigenvalue weighted by Gasteiger charge is -2.18. The lowest BCUT2D eigenvalue weighted by atomic mass is 9.87. The van der Waals surface area contributed by atoms with Gasteiger partial charge in [-0.25, -0.2) is 14.4 Å². The summed E-state index contributed by atoms with van der Waals surface area (Å²) in [7, 11) is 0. The average molecular weight is 491 g/mol. The number of rotatable bonds is 6. The third-order valence-electron chi connectivity index (χ3n) is 5.13. The maximum Gasteiger partial charge on any atom is 0.236 e. The molecular formula is C20H22N6OS4. The number of hydrogen-bond acceptors (Lipinski definition) is 9. The van der Waals surface area contributed by atoms with Gasteiger partial charge in [0, 0.05) is 21.7 Å². The predicted octanol–water partition coefficient (Wildman–Crippen LogP) is 5.47. The molecule has 0 saturated carbocycles. The van der Waals surface area contributed by atoms with Crippen LogP contribution in [0.4, 0.5) is 5.13 Å². The fourth-order valence-corrected chi connectivity index (χ4v) is 7.45. The van der Waals surface area contributed by atoms with Crippen molar-refractivity contribution in [2.45, 2.75) is 61.5 Å². The van der Waals surface area contributed by atoms with Gasteiger partial charge in [-0.05, 0) is 30.7 Å².